The first kappa shape index (κ1) is 22.6. The zero-order valence-corrected chi connectivity index (χ0v) is 19.8. The van der Waals surface area contributed by atoms with Gasteiger partial charge in [-0.05, 0) is 61.9 Å². The van der Waals surface area contributed by atoms with Crippen LogP contribution in [0.25, 0.3) is 22.0 Å². The number of rotatable bonds is 6. The molecule has 2 saturated heterocycles. The monoisotopic (exact) mass is 458 g/mol. The summed E-state index contributed by atoms with van der Waals surface area (Å²) < 4.78 is 17.2. The van der Waals surface area contributed by atoms with Gasteiger partial charge < -0.3 is 14.2 Å². The smallest absolute Gasteiger partial charge is 0.231 e. The predicted molar refractivity (Wildman–Crippen MR) is 130 cm³/mol. The van der Waals surface area contributed by atoms with Gasteiger partial charge in [0.2, 0.25) is 5.88 Å². The molecule has 7 heteroatoms. The molecular weight excluding hydrogens is 428 g/mol. The summed E-state index contributed by atoms with van der Waals surface area (Å²) in [6.07, 6.45) is 7.08. The van der Waals surface area contributed by atoms with Crippen LogP contribution < -0.4 is 9.47 Å². The Kier molecular flexibility index (Phi) is 6.61. The van der Waals surface area contributed by atoms with E-state index in [4.69, 9.17) is 14.2 Å². The summed E-state index contributed by atoms with van der Waals surface area (Å²) in [6, 6.07) is 10.0. The minimum atomic E-state index is 0.184. The van der Waals surface area contributed by atoms with Gasteiger partial charge >= 0.3 is 0 Å². The first-order valence-electron chi connectivity index (χ1n) is 12.0. The van der Waals surface area contributed by atoms with Crippen molar-refractivity contribution in [3.05, 3.63) is 47.8 Å². The third-order valence-electron chi connectivity index (χ3n) is 6.97. The van der Waals surface area contributed by atoms with Crippen LogP contribution in [0.2, 0.25) is 0 Å². The average Bonchev–Trinajstić information content (AvgIpc) is 3.32. The second-order valence-electron chi connectivity index (χ2n) is 9.18. The Bertz CT molecular complexity index is 1220. The summed E-state index contributed by atoms with van der Waals surface area (Å²) in [4.78, 5) is 11.4. The molecule has 176 valence electrons. The van der Waals surface area contributed by atoms with Gasteiger partial charge in [0.05, 0.1) is 12.6 Å². The van der Waals surface area contributed by atoms with E-state index in [0.29, 0.717) is 11.4 Å². The minimum absolute atomic E-state index is 0.184. The molecule has 4 heterocycles. The number of ether oxygens (including phenoxy) is 3. The van der Waals surface area contributed by atoms with Crippen LogP contribution in [0.4, 0.5) is 0 Å². The van der Waals surface area contributed by atoms with E-state index in [1.54, 1.807) is 12.4 Å². The molecule has 2 aromatic heterocycles. The van der Waals surface area contributed by atoms with E-state index in [2.05, 4.69) is 27.9 Å². The van der Waals surface area contributed by atoms with Crippen LogP contribution in [-0.4, -0.2) is 60.9 Å². The van der Waals surface area contributed by atoms with Crippen molar-refractivity contribution in [2.45, 2.75) is 32.3 Å². The molecule has 0 N–H and O–H groups in total. The lowest BCUT2D eigenvalue weighted by molar-refractivity contribution is 0.0542. The average molecular weight is 459 g/mol. The molecule has 1 aromatic carbocycles. The van der Waals surface area contributed by atoms with Gasteiger partial charge in [0.1, 0.15) is 23.5 Å². The van der Waals surface area contributed by atoms with Gasteiger partial charge in [-0.25, -0.2) is 4.98 Å². The molecule has 1 unspecified atom stereocenters. The highest BCUT2D eigenvalue weighted by atomic mass is 16.5. The molecule has 5 rings (SSSR count). The van der Waals surface area contributed by atoms with E-state index < -0.39 is 0 Å². The van der Waals surface area contributed by atoms with Crippen LogP contribution in [0.1, 0.15) is 30.4 Å². The number of hydrogen-bond donors (Lipinski definition) is 0. The third-order valence-corrected chi connectivity index (χ3v) is 6.97. The first-order valence-corrected chi connectivity index (χ1v) is 12.0. The van der Waals surface area contributed by atoms with Crippen LogP contribution >= 0.6 is 0 Å². The Labute approximate surface area is 200 Å². The molecule has 0 bridgehead atoms. The van der Waals surface area contributed by atoms with Gasteiger partial charge in [0.25, 0.3) is 0 Å². The van der Waals surface area contributed by atoms with Crippen LogP contribution in [-0.2, 0) is 4.74 Å². The van der Waals surface area contributed by atoms with E-state index in [0.717, 1.165) is 91.4 Å². The molecule has 2 aliphatic rings. The Hall–Kier alpha value is -3.21. The lowest BCUT2D eigenvalue weighted by Crippen LogP contribution is -2.32. The van der Waals surface area contributed by atoms with Crippen molar-refractivity contribution in [3.63, 3.8) is 0 Å². The molecule has 2 aliphatic heterocycles. The van der Waals surface area contributed by atoms with Gasteiger partial charge in [-0.15, -0.1) is 0 Å². The molecule has 2 fully saturated rings. The molecule has 1 atom stereocenters. The van der Waals surface area contributed by atoms with Crippen LogP contribution in [0.15, 0.2) is 36.7 Å². The number of hydrogen-bond acceptors (Lipinski definition) is 7. The number of aromatic nitrogens is 2. The molecule has 7 nitrogen and oxygen atoms in total. The number of likely N-dealkylation sites (tertiary alicyclic amines) is 1. The molecule has 0 radical (unpaired) electrons. The van der Waals surface area contributed by atoms with Crippen molar-refractivity contribution in [1.82, 2.24) is 14.9 Å². The fourth-order valence-corrected chi connectivity index (χ4v) is 5.14. The number of nitriles is 1. The normalized spacial score (nSPS) is 19.3. The Balaban J connectivity index is 1.39. The standard InChI is InChI=1S/C27H30N4O3/c1-18-25(34-22-6-10-31(17-22)16-19-7-11-33-12-8-19)4-3-24-26(18)23(5-9-29-24)21-13-20(14-28)27(32-2)30-15-21/h3-5,9,13,15,19,22H,6-8,10-12,16-17H2,1-2H3. The molecule has 34 heavy (non-hydrogen) atoms. The van der Waals surface area contributed by atoms with Crippen molar-refractivity contribution in [2.75, 3.05) is 40.0 Å². The second kappa shape index (κ2) is 9.96. The maximum Gasteiger partial charge on any atom is 0.231 e. The zero-order chi connectivity index (χ0) is 23.5. The Morgan fingerprint density at radius 1 is 1.18 bits per heavy atom. The topological polar surface area (TPSA) is 80.5 Å². The van der Waals surface area contributed by atoms with Gasteiger partial charge in [-0.1, -0.05) is 0 Å². The molecule has 0 spiro atoms. The minimum Gasteiger partial charge on any atom is -0.489 e. The Morgan fingerprint density at radius 3 is 2.82 bits per heavy atom. The number of aryl methyl sites for hydroxylation is 1. The summed E-state index contributed by atoms with van der Waals surface area (Å²) in [5, 5.41) is 10.5. The number of benzene rings is 1. The van der Waals surface area contributed by atoms with Crippen LogP contribution in [0.5, 0.6) is 11.6 Å². The largest absolute Gasteiger partial charge is 0.489 e. The molecule has 0 saturated carbocycles. The van der Waals surface area contributed by atoms with Crippen molar-refractivity contribution in [2.24, 2.45) is 5.92 Å². The van der Waals surface area contributed by atoms with Gasteiger partial charge in [-0.2, -0.15) is 5.26 Å². The number of nitrogens with zero attached hydrogens (tertiary/aromatic N) is 4. The maximum absolute atomic E-state index is 9.50. The van der Waals surface area contributed by atoms with Gasteiger partial charge in [-0.3, -0.25) is 9.88 Å². The Morgan fingerprint density at radius 2 is 2.03 bits per heavy atom. The summed E-state index contributed by atoms with van der Waals surface area (Å²) in [5.74, 6) is 1.96. The summed E-state index contributed by atoms with van der Waals surface area (Å²) in [5.41, 5.74) is 4.19. The molecule has 0 amide bonds. The van der Waals surface area contributed by atoms with Crippen molar-refractivity contribution >= 4 is 10.9 Å². The van der Waals surface area contributed by atoms with Crippen molar-refractivity contribution in [1.29, 1.82) is 5.26 Å². The van der Waals surface area contributed by atoms with Gasteiger partial charge in [0.15, 0.2) is 0 Å². The van der Waals surface area contributed by atoms with E-state index in [1.807, 2.05) is 24.3 Å². The molecule has 0 aliphatic carbocycles. The number of methoxy groups -OCH3 is 1. The highest BCUT2D eigenvalue weighted by molar-refractivity contribution is 5.98. The zero-order valence-electron chi connectivity index (χ0n) is 19.8. The van der Waals surface area contributed by atoms with Crippen LogP contribution in [0.3, 0.4) is 0 Å². The number of fused-ring (bicyclic) bond motifs is 1. The quantitative estimate of drug-likeness (QED) is 0.543. The summed E-state index contributed by atoms with van der Waals surface area (Å²) in [7, 11) is 1.52. The molecule has 3 aromatic rings. The van der Waals surface area contributed by atoms with E-state index in [1.165, 1.54) is 7.11 Å². The third kappa shape index (κ3) is 4.56. The van der Waals surface area contributed by atoms with Crippen molar-refractivity contribution < 1.29 is 14.2 Å². The lowest BCUT2D eigenvalue weighted by Gasteiger charge is -2.27. The highest BCUT2D eigenvalue weighted by Crippen LogP contribution is 2.36. The maximum atomic E-state index is 9.50. The molecular formula is C27H30N4O3. The van der Waals surface area contributed by atoms with Crippen LogP contribution in [0, 0.1) is 24.2 Å². The second-order valence-corrected chi connectivity index (χ2v) is 9.18. The first-order chi connectivity index (χ1) is 16.7. The predicted octanol–water partition coefficient (Wildman–Crippen LogP) is 4.37. The lowest BCUT2D eigenvalue weighted by atomic mass is 9.98. The fraction of sp³-hybridized carbons (Fsp3) is 0.444. The van der Waals surface area contributed by atoms with E-state index >= 15 is 0 Å². The highest BCUT2D eigenvalue weighted by Gasteiger charge is 2.27. The van der Waals surface area contributed by atoms with Gasteiger partial charge in [0, 0.05) is 61.8 Å². The SMILES string of the molecule is COc1ncc(-c2ccnc3ccc(OC4CCN(CC5CCOCC5)C4)c(C)c23)cc1C#N. The van der Waals surface area contributed by atoms with Crippen molar-refractivity contribution in [3.8, 4) is 28.8 Å². The van der Waals surface area contributed by atoms with E-state index in [9.17, 15) is 5.26 Å². The van der Waals surface area contributed by atoms with E-state index in [-0.39, 0.29) is 6.10 Å². The fourth-order valence-electron chi connectivity index (χ4n) is 5.14. The number of pyridine rings is 2. The summed E-state index contributed by atoms with van der Waals surface area (Å²) in [6.45, 7) is 7.05. The summed E-state index contributed by atoms with van der Waals surface area (Å²) >= 11 is 0.